The number of anilines is 1. The van der Waals surface area contributed by atoms with Gasteiger partial charge in [0.05, 0.1) is 40.0 Å². The zero-order valence-corrected chi connectivity index (χ0v) is 19.2. The molecule has 1 aliphatic heterocycles. The van der Waals surface area contributed by atoms with Gasteiger partial charge >= 0.3 is 0 Å². The van der Waals surface area contributed by atoms with Gasteiger partial charge in [-0.2, -0.15) is 0 Å². The maximum absolute atomic E-state index is 6.12. The summed E-state index contributed by atoms with van der Waals surface area (Å²) in [6.45, 7) is 3.77. The van der Waals surface area contributed by atoms with Crippen LogP contribution in [-0.4, -0.2) is 57.9 Å². The van der Waals surface area contributed by atoms with Gasteiger partial charge in [-0.05, 0) is 42.0 Å². The van der Waals surface area contributed by atoms with E-state index in [1.54, 1.807) is 14.2 Å². The fourth-order valence-electron chi connectivity index (χ4n) is 3.19. The highest BCUT2D eigenvalue weighted by molar-refractivity contribution is 14.0. The van der Waals surface area contributed by atoms with Crippen LogP contribution in [0.2, 0.25) is 0 Å². The fourth-order valence-corrected chi connectivity index (χ4v) is 3.19. The first-order valence-electron chi connectivity index (χ1n) is 9.36. The van der Waals surface area contributed by atoms with Crippen LogP contribution in [0, 0.1) is 0 Å². The van der Waals surface area contributed by atoms with Crippen LogP contribution in [0.25, 0.3) is 0 Å². The van der Waals surface area contributed by atoms with Crippen molar-refractivity contribution in [2.24, 2.45) is 10.7 Å². The highest BCUT2D eigenvalue weighted by Gasteiger charge is 2.22. The number of guanidine groups is 1. The molecule has 1 aliphatic rings. The number of methoxy groups -OCH3 is 2. The summed E-state index contributed by atoms with van der Waals surface area (Å²) in [5.74, 6) is 2.03. The van der Waals surface area contributed by atoms with E-state index in [1.807, 2.05) is 36.4 Å². The number of nitrogens with two attached hydrogens (primary N) is 1. The monoisotopic (exact) mass is 512 g/mol. The van der Waals surface area contributed by atoms with Crippen molar-refractivity contribution in [2.75, 3.05) is 52.4 Å². The van der Waals surface area contributed by atoms with Crippen molar-refractivity contribution in [3.05, 3.63) is 54.1 Å². The third-order valence-corrected chi connectivity index (χ3v) is 4.78. The van der Waals surface area contributed by atoms with Gasteiger partial charge in [0.15, 0.2) is 5.96 Å². The molecule has 1 fully saturated rings. The van der Waals surface area contributed by atoms with Gasteiger partial charge in [-0.25, -0.2) is 0 Å². The Morgan fingerprint density at radius 2 is 1.59 bits per heavy atom. The van der Waals surface area contributed by atoms with Gasteiger partial charge in [0.25, 0.3) is 0 Å². The number of nitrogens with one attached hydrogen (secondary N) is 1. The summed E-state index contributed by atoms with van der Waals surface area (Å²) in [6.07, 6.45) is 0. The number of ether oxygens (including phenoxy) is 3. The lowest BCUT2D eigenvalue weighted by Gasteiger charge is -2.34. The van der Waals surface area contributed by atoms with Gasteiger partial charge in [-0.1, -0.05) is 12.1 Å². The van der Waals surface area contributed by atoms with Gasteiger partial charge in [0.2, 0.25) is 0 Å². The first kappa shape index (κ1) is 23.2. The lowest BCUT2D eigenvalue weighted by Crippen LogP contribution is -2.40. The molecule has 0 radical (unpaired) electrons. The second-order valence-electron chi connectivity index (χ2n) is 6.52. The van der Waals surface area contributed by atoms with Crippen LogP contribution in [0.1, 0.15) is 11.6 Å². The molecule has 0 bridgehead atoms. The number of benzene rings is 2. The molecule has 2 aromatic rings. The first-order chi connectivity index (χ1) is 13.7. The Morgan fingerprint density at radius 1 is 1.03 bits per heavy atom. The van der Waals surface area contributed by atoms with Crippen molar-refractivity contribution in [3.8, 4) is 11.5 Å². The molecule has 1 atom stereocenters. The van der Waals surface area contributed by atoms with Crippen LogP contribution in [-0.2, 0) is 4.74 Å². The molecular formula is C21H29IN4O3. The number of nitrogens with zero attached hydrogens (tertiary/aromatic N) is 2. The van der Waals surface area contributed by atoms with Crippen LogP contribution < -0.4 is 20.5 Å². The SMILES string of the molecule is COc1ccc(NC(N)=NCC(c2ccc(OC)cc2)N2CCOCC2)cc1.I. The van der Waals surface area contributed by atoms with Crippen LogP contribution in [0.15, 0.2) is 53.5 Å². The molecule has 3 rings (SSSR count). The van der Waals surface area contributed by atoms with Gasteiger partial charge < -0.3 is 25.3 Å². The molecule has 8 heteroatoms. The second-order valence-corrected chi connectivity index (χ2v) is 6.52. The van der Waals surface area contributed by atoms with Crippen molar-refractivity contribution in [2.45, 2.75) is 6.04 Å². The minimum atomic E-state index is 0. The Balaban J connectivity index is 0.00000300. The third kappa shape index (κ3) is 6.76. The van der Waals surface area contributed by atoms with E-state index in [9.17, 15) is 0 Å². The summed E-state index contributed by atoms with van der Waals surface area (Å²) in [6, 6.07) is 15.8. The third-order valence-electron chi connectivity index (χ3n) is 4.78. The van der Waals surface area contributed by atoms with Crippen LogP contribution in [0.5, 0.6) is 11.5 Å². The Bertz CT molecular complexity index is 763. The molecule has 2 aromatic carbocycles. The Hall–Kier alpha value is -2.04. The molecular weight excluding hydrogens is 483 g/mol. The van der Waals surface area contributed by atoms with Crippen LogP contribution in [0.4, 0.5) is 5.69 Å². The first-order valence-corrected chi connectivity index (χ1v) is 9.36. The van der Waals surface area contributed by atoms with E-state index in [1.165, 1.54) is 5.56 Å². The topological polar surface area (TPSA) is 81.3 Å². The average molecular weight is 512 g/mol. The zero-order valence-electron chi connectivity index (χ0n) is 16.8. The molecule has 0 saturated carbocycles. The highest BCUT2D eigenvalue weighted by Crippen LogP contribution is 2.24. The maximum Gasteiger partial charge on any atom is 0.193 e. The number of hydrogen-bond donors (Lipinski definition) is 2. The molecule has 1 heterocycles. The smallest absolute Gasteiger partial charge is 0.193 e. The van der Waals surface area contributed by atoms with Crippen LogP contribution >= 0.6 is 24.0 Å². The van der Waals surface area contributed by atoms with Crippen LogP contribution in [0.3, 0.4) is 0 Å². The lowest BCUT2D eigenvalue weighted by atomic mass is 10.0. The molecule has 0 spiro atoms. The Morgan fingerprint density at radius 3 is 2.14 bits per heavy atom. The molecule has 0 amide bonds. The van der Waals surface area contributed by atoms with Crippen molar-refractivity contribution in [3.63, 3.8) is 0 Å². The fraction of sp³-hybridized carbons (Fsp3) is 0.381. The molecule has 1 saturated heterocycles. The van der Waals surface area contributed by atoms with Crippen molar-refractivity contribution in [1.82, 2.24) is 4.90 Å². The molecule has 1 unspecified atom stereocenters. The minimum absolute atomic E-state index is 0. The Labute approximate surface area is 189 Å². The highest BCUT2D eigenvalue weighted by atomic mass is 127. The normalized spacial score (nSPS) is 15.9. The maximum atomic E-state index is 6.12. The molecule has 0 aliphatic carbocycles. The summed E-state index contributed by atoms with van der Waals surface area (Å²) < 4.78 is 15.9. The van der Waals surface area contributed by atoms with E-state index in [2.05, 4.69) is 27.3 Å². The minimum Gasteiger partial charge on any atom is -0.497 e. The van der Waals surface area contributed by atoms with E-state index >= 15 is 0 Å². The average Bonchev–Trinajstić information content (AvgIpc) is 2.75. The zero-order chi connectivity index (χ0) is 19.8. The van der Waals surface area contributed by atoms with Crippen molar-refractivity contribution >= 4 is 35.6 Å². The predicted octanol–water partition coefficient (Wildman–Crippen LogP) is 3.12. The Kier molecular flexibility index (Phi) is 9.49. The largest absolute Gasteiger partial charge is 0.497 e. The molecule has 3 N–H and O–H groups in total. The number of halogens is 1. The summed E-state index contributed by atoms with van der Waals surface area (Å²) in [5, 5.41) is 3.13. The summed E-state index contributed by atoms with van der Waals surface area (Å²) in [7, 11) is 3.31. The van der Waals surface area contributed by atoms with Gasteiger partial charge in [0, 0.05) is 18.8 Å². The molecule has 0 aromatic heterocycles. The van der Waals surface area contributed by atoms with E-state index in [4.69, 9.17) is 19.9 Å². The predicted molar refractivity (Wildman–Crippen MR) is 127 cm³/mol. The summed E-state index contributed by atoms with van der Waals surface area (Å²) >= 11 is 0. The molecule has 29 heavy (non-hydrogen) atoms. The van der Waals surface area contributed by atoms with E-state index in [-0.39, 0.29) is 30.0 Å². The standard InChI is InChI=1S/C21H28N4O3.HI/c1-26-18-7-3-16(4-8-18)20(25-11-13-28-14-12-25)15-23-21(22)24-17-5-9-19(27-2)10-6-17;/h3-10,20H,11-15H2,1-2H3,(H3,22,23,24);1H. The molecule has 158 valence electrons. The van der Waals surface area contributed by atoms with Gasteiger partial charge in [-0.15, -0.1) is 24.0 Å². The number of aliphatic imine (C=N–C) groups is 1. The van der Waals surface area contributed by atoms with E-state index < -0.39 is 0 Å². The molecule has 7 nitrogen and oxygen atoms in total. The number of rotatable bonds is 7. The van der Waals surface area contributed by atoms with Crippen molar-refractivity contribution in [1.29, 1.82) is 0 Å². The van der Waals surface area contributed by atoms with E-state index in [0.29, 0.717) is 12.5 Å². The summed E-state index contributed by atoms with van der Waals surface area (Å²) in [4.78, 5) is 6.98. The lowest BCUT2D eigenvalue weighted by molar-refractivity contribution is 0.0180. The van der Waals surface area contributed by atoms with Gasteiger partial charge in [-0.3, -0.25) is 9.89 Å². The van der Waals surface area contributed by atoms with Gasteiger partial charge in [0.1, 0.15) is 11.5 Å². The number of morpholine rings is 1. The van der Waals surface area contributed by atoms with E-state index in [0.717, 1.165) is 43.5 Å². The number of hydrogen-bond acceptors (Lipinski definition) is 5. The summed E-state index contributed by atoms with van der Waals surface area (Å²) in [5.41, 5.74) is 8.18. The second kappa shape index (κ2) is 11.8. The quantitative estimate of drug-likeness (QED) is 0.337. The van der Waals surface area contributed by atoms with Crippen molar-refractivity contribution < 1.29 is 14.2 Å².